The summed E-state index contributed by atoms with van der Waals surface area (Å²) < 4.78 is 5.86. The number of hydrogen-bond acceptors (Lipinski definition) is 3. The minimum absolute atomic E-state index is 0.312. The van der Waals surface area contributed by atoms with Crippen molar-refractivity contribution >= 4 is 0 Å². The normalized spacial score (nSPS) is 18.2. The summed E-state index contributed by atoms with van der Waals surface area (Å²) in [6, 6.07) is 8.32. The number of nitrogens with one attached hydrogen (secondary N) is 1. The third-order valence-electron chi connectivity index (χ3n) is 3.04. The lowest BCUT2D eigenvalue weighted by molar-refractivity contribution is 0.227. The Bertz CT molecular complexity index is 327. The van der Waals surface area contributed by atoms with Crippen LogP contribution in [0.25, 0.3) is 0 Å². The van der Waals surface area contributed by atoms with E-state index in [0.717, 1.165) is 31.8 Å². The molecule has 1 aromatic carbocycles. The Kier molecular flexibility index (Phi) is 4.40. The second-order valence-electron chi connectivity index (χ2n) is 4.91. The van der Waals surface area contributed by atoms with Crippen molar-refractivity contribution in [1.82, 2.24) is 10.2 Å². The molecule has 0 amide bonds. The Hall–Kier alpha value is -1.06. The van der Waals surface area contributed by atoms with Gasteiger partial charge in [0.1, 0.15) is 11.9 Å². The van der Waals surface area contributed by atoms with Crippen LogP contribution in [-0.2, 0) is 6.42 Å². The summed E-state index contributed by atoms with van der Waals surface area (Å²) >= 11 is 0. The van der Waals surface area contributed by atoms with E-state index in [1.165, 1.54) is 12.0 Å². The van der Waals surface area contributed by atoms with Crippen molar-refractivity contribution in [2.45, 2.75) is 18.9 Å². The summed E-state index contributed by atoms with van der Waals surface area (Å²) in [5.41, 5.74) is 1.34. The molecule has 3 nitrogen and oxygen atoms in total. The summed E-state index contributed by atoms with van der Waals surface area (Å²) in [5, 5.41) is 3.47. The number of para-hydroxylation sites is 1. The van der Waals surface area contributed by atoms with Gasteiger partial charge in [-0.1, -0.05) is 18.2 Å². The predicted octanol–water partition coefficient (Wildman–Crippen LogP) is 1.53. The maximum absolute atomic E-state index is 5.86. The zero-order valence-electron chi connectivity index (χ0n) is 10.8. The Balaban J connectivity index is 1.63. The molecule has 1 heterocycles. The van der Waals surface area contributed by atoms with Crippen molar-refractivity contribution in [3.8, 4) is 5.75 Å². The lowest BCUT2D eigenvalue weighted by Gasteiger charge is -2.13. The van der Waals surface area contributed by atoms with Gasteiger partial charge in [0, 0.05) is 13.0 Å². The first-order valence-corrected chi connectivity index (χ1v) is 6.35. The van der Waals surface area contributed by atoms with Gasteiger partial charge in [-0.05, 0) is 45.2 Å². The highest BCUT2D eigenvalue weighted by Gasteiger charge is 2.21. The van der Waals surface area contributed by atoms with Crippen LogP contribution in [0.4, 0.5) is 0 Å². The molecule has 1 aliphatic heterocycles. The lowest BCUT2D eigenvalue weighted by atomic mass is 10.1. The number of fused-ring (bicyclic) bond motifs is 1. The molecule has 0 aromatic heterocycles. The lowest BCUT2D eigenvalue weighted by Crippen LogP contribution is -2.31. The van der Waals surface area contributed by atoms with E-state index in [2.05, 4.69) is 42.5 Å². The van der Waals surface area contributed by atoms with Crippen LogP contribution in [0.15, 0.2) is 24.3 Å². The minimum Gasteiger partial charge on any atom is -0.488 e. The third kappa shape index (κ3) is 3.72. The molecule has 0 fully saturated rings. The Morgan fingerprint density at radius 2 is 2.18 bits per heavy atom. The van der Waals surface area contributed by atoms with Crippen LogP contribution < -0.4 is 10.1 Å². The van der Waals surface area contributed by atoms with E-state index >= 15 is 0 Å². The Morgan fingerprint density at radius 3 is 2.94 bits per heavy atom. The quantitative estimate of drug-likeness (QED) is 0.756. The summed E-state index contributed by atoms with van der Waals surface area (Å²) in [4.78, 5) is 2.21. The van der Waals surface area contributed by atoms with Gasteiger partial charge in [-0.2, -0.15) is 0 Å². The van der Waals surface area contributed by atoms with Crippen molar-refractivity contribution in [1.29, 1.82) is 0 Å². The molecule has 1 unspecified atom stereocenters. The summed E-state index contributed by atoms with van der Waals surface area (Å²) in [6.07, 6.45) is 2.54. The average molecular weight is 234 g/mol. The van der Waals surface area contributed by atoms with Crippen molar-refractivity contribution in [3.05, 3.63) is 29.8 Å². The molecule has 0 aliphatic carbocycles. The Morgan fingerprint density at radius 1 is 1.35 bits per heavy atom. The highest BCUT2D eigenvalue weighted by atomic mass is 16.5. The fraction of sp³-hybridized carbons (Fsp3) is 0.571. The van der Waals surface area contributed by atoms with Crippen LogP contribution in [0.3, 0.4) is 0 Å². The first-order valence-electron chi connectivity index (χ1n) is 6.35. The van der Waals surface area contributed by atoms with E-state index in [4.69, 9.17) is 4.74 Å². The van der Waals surface area contributed by atoms with Crippen molar-refractivity contribution < 1.29 is 4.74 Å². The molecule has 1 atom stereocenters. The molecule has 0 spiro atoms. The maximum atomic E-state index is 5.86. The fourth-order valence-electron chi connectivity index (χ4n) is 2.15. The van der Waals surface area contributed by atoms with E-state index in [-0.39, 0.29) is 0 Å². The van der Waals surface area contributed by atoms with Crippen LogP contribution in [0, 0.1) is 0 Å². The van der Waals surface area contributed by atoms with Gasteiger partial charge in [-0.15, -0.1) is 0 Å². The first-order chi connectivity index (χ1) is 8.25. The van der Waals surface area contributed by atoms with Gasteiger partial charge in [0.15, 0.2) is 0 Å². The van der Waals surface area contributed by atoms with E-state index in [1.54, 1.807) is 0 Å². The van der Waals surface area contributed by atoms with Crippen molar-refractivity contribution in [2.24, 2.45) is 0 Å². The molecular weight excluding hydrogens is 212 g/mol. The van der Waals surface area contributed by atoms with E-state index in [9.17, 15) is 0 Å². The van der Waals surface area contributed by atoms with Gasteiger partial charge in [-0.3, -0.25) is 0 Å². The summed E-state index contributed by atoms with van der Waals surface area (Å²) in [6.45, 7) is 3.15. The molecule has 17 heavy (non-hydrogen) atoms. The monoisotopic (exact) mass is 234 g/mol. The maximum Gasteiger partial charge on any atom is 0.123 e. The largest absolute Gasteiger partial charge is 0.488 e. The van der Waals surface area contributed by atoms with Crippen LogP contribution in [-0.4, -0.2) is 44.7 Å². The summed E-state index contributed by atoms with van der Waals surface area (Å²) in [5.74, 6) is 1.06. The SMILES string of the molecule is CN(C)CCCNCC1Cc2ccccc2O1. The highest BCUT2D eigenvalue weighted by molar-refractivity contribution is 5.37. The summed E-state index contributed by atoms with van der Waals surface area (Å²) in [7, 11) is 4.22. The predicted molar refractivity (Wildman–Crippen MR) is 70.6 cm³/mol. The molecular formula is C14H22N2O. The number of hydrogen-bond donors (Lipinski definition) is 1. The molecule has 1 aliphatic rings. The molecule has 0 radical (unpaired) electrons. The van der Waals surface area contributed by atoms with Crippen molar-refractivity contribution in [2.75, 3.05) is 33.7 Å². The fourth-order valence-corrected chi connectivity index (χ4v) is 2.15. The molecule has 0 saturated carbocycles. The highest BCUT2D eigenvalue weighted by Crippen LogP contribution is 2.27. The van der Waals surface area contributed by atoms with Crippen molar-refractivity contribution in [3.63, 3.8) is 0 Å². The molecule has 1 aromatic rings. The van der Waals surface area contributed by atoms with E-state index < -0.39 is 0 Å². The van der Waals surface area contributed by atoms with E-state index in [0.29, 0.717) is 6.10 Å². The molecule has 0 bridgehead atoms. The van der Waals surface area contributed by atoms with Gasteiger partial charge >= 0.3 is 0 Å². The second kappa shape index (κ2) is 6.03. The van der Waals surface area contributed by atoms with Crippen LogP contribution in [0.2, 0.25) is 0 Å². The number of nitrogens with zero attached hydrogens (tertiary/aromatic N) is 1. The van der Waals surface area contributed by atoms with Crippen LogP contribution >= 0.6 is 0 Å². The first kappa shape index (κ1) is 12.4. The minimum atomic E-state index is 0.312. The second-order valence-corrected chi connectivity index (χ2v) is 4.91. The van der Waals surface area contributed by atoms with Crippen LogP contribution in [0.5, 0.6) is 5.75 Å². The molecule has 2 rings (SSSR count). The average Bonchev–Trinajstić information content (AvgIpc) is 2.70. The van der Waals surface area contributed by atoms with E-state index in [1.807, 2.05) is 6.07 Å². The number of rotatable bonds is 6. The smallest absolute Gasteiger partial charge is 0.123 e. The molecule has 3 heteroatoms. The van der Waals surface area contributed by atoms with Gasteiger partial charge in [0.05, 0.1) is 0 Å². The zero-order chi connectivity index (χ0) is 12.1. The van der Waals surface area contributed by atoms with Gasteiger partial charge in [-0.25, -0.2) is 0 Å². The molecule has 94 valence electrons. The molecule has 0 saturated heterocycles. The Labute approximate surface area is 104 Å². The number of benzene rings is 1. The van der Waals surface area contributed by atoms with Gasteiger partial charge < -0.3 is 15.0 Å². The zero-order valence-corrected chi connectivity index (χ0v) is 10.8. The topological polar surface area (TPSA) is 24.5 Å². The van der Waals surface area contributed by atoms with Gasteiger partial charge in [0.2, 0.25) is 0 Å². The number of ether oxygens (including phenoxy) is 1. The standard InChI is InChI=1S/C14H22N2O/c1-16(2)9-5-8-15-11-13-10-12-6-3-4-7-14(12)17-13/h3-4,6-7,13,15H,5,8-11H2,1-2H3. The third-order valence-corrected chi connectivity index (χ3v) is 3.04. The molecule has 1 N–H and O–H groups in total. The van der Waals surface area contributed by atoms with Gasteiger partial charge in [0.25, 0.3) is 0 Å². The van der Waals surface area contributed by atoms with Crippen LogP contribution in [0.1, 0.15) is 12.0 Å².